The predicted octanol–water partition coefficient (Wildman–Crippen LogP) is 2.30. The van der Waals surface area contributed by atoms with Gasteiger partial charge in [0.25, 0.3) is 5.91 Å². The van der Waals surface area contributed by atoms with Crippen LogP contribution in [0.5, 0.6) is 0 Å². The molecule has 1 aromatic heterocycles. The number of amides is 1. The third kappa shape index (κ3) is 3.67. The van der Waals surface area contributed by atoms with Gasteiger partial charge in [0.2, 0.25) is 10.0 Å². The zero-order valence-electron chi connectivity index (χ0n) is 15.0. The maximum absolute atomic E-state index is 12.7. The van der Waals surface area contributed by atoms with Crippen molar-refractivity contribution in [2.75, 3.05) is 12.8 Å². The van der Waals surface area contributed by atoms with E-state index >= 15 is 0 Å². The van der Waals surface area contributed by atoms with Gasteiger partial charge in [-0.2, -0.15) is 9.30 Å². The van der Waals surface area contributed by atoms with Crippen molar-refractivity contribution in [3.63, 3.8) is 0 Å². The summed E-state index contributed by atoms with van der Waals surface area (Å²) in [5.41, 5.74) is 2.23. The minimum atomic E-state index is -3.41. The molecule has 0 bridgehead atoms. The molecular formula is C18H23N3O3S2. The highest BCUT2D eigenvalue weighted by molar-refractivity contribution is 7.88. The lowest BCUT2D eigenvalue weighted by molar-refractivity contribution is -0.121. The molecule has 8 heteroatoms. The summed E-state index contributed by atoms with van der Waals surface area (Å²) in [6.07, 6.45) is 5.04. The van der Waals surface area contributed by atoms with Gasteiger partial charge >= 0.3 is 0 Å². The second-order valence-corrected chi connectivity index (χ2v) is 9.37. The summed E-state index contributed by atoms with van der Waals surface area (Å²) in [5.74, 6) is -0.395. The van der Waals surface area contributed by atoms with Gasteiger partial charge in [-0.3, -0.25) is 4.79 Å². The Labute approximate surface area is 157 Å². The van der Waals surface area contributed by atoms with Gasteiger partial charge in [-0.1, -0.05) is 30.4 Å². The van der Waals surface area contributed by atoms with E-state index in [1.807, 2.05) is 10.6 Å². The molecule has 3 rings (SSSR count). The molecule has 26 heavy (non-hydrogen) atoms. The van der Waals surface area contributed by atoms with Crippen LogP contribution in [0.15, 0.2) is 35.8 Å². The third-order valence-corrected chi connectivity index (χ3v) is 6.92. The summed E-state index contributed by atoms with van der Waals surface area (Å²) in [7, 11) is -3.41. The fourth-order valence-corrected chi connectivity index (χ4v) is 5.51. The van der Waals surface area contributed by atoms with Crippen molar-refractivity contribution in [1.82, 2.24) is 8.87 Å². The van der Waals surface area contributed by atoms with Crippen LogP contribution < -0.4 is 4.80 Å². The molecule has 1 aromatic carbocycles. The molecule has 1 amide bonds. The number of fused-ring (bicyclic) bond motifs is 1. The quantitative estimate of drug-likeness (QED) is 0.732. The summed E-state index contributed by atoms with van der Waals surface area (Å²) >= 11 is 1.45. The van der Waals surface area contributed by atoms with E-state index in [2.05, 4.69) is 30.6 Å². The maximum atomic E-state index is 12.7. The molecule has 2 heterocycles. The molecule has 0 saturated carbocycles. The highest BCUT2D eigenvalue weighted by atomic mass is 32.2. The number of carbonyl (C=O) groups excluding carboxylic acids is 1. The molecule has 1 atom stereocenters. The molecular weight excluding hydrogens is 370 g/mol. The van der Waals surface area contributed by atoms with Gasteiger partial charge in [0, 0.05) is 13.1 Å². The summed E-state index contributed by atoms with van der Waals surface area (Å²) < 4.78 is 28.1. The molecule has 0 aliphatic carbocycles. The van der Waals surface area contributed by atoms with Crippen molar-refractivity contribution >= 4 is 37.5 Å². The average Bonchev–Trinajstić information content (AvgIpc) is 3.20. The number of allylic oxidation sites excluding steroid dienone is 1. The fraction of sp³-hybridized carbons (Fsp3) is 0.444. The number of thiazole rings is 1. The van der Waals surface area contributed by atoms with Crippen molar-refractivity contribution < 1.29 is 13.2 Å². The highest BCUT2D eigenvalue weighted by Gasteiger charge is 2.36. The van der Waals surface area contributed by atoms with Crippen LogP contribution in [-0.4, -0.2) is 42.0 Å². The molecule has 1 unspecified atom stereocenters. The van der Waals surface area contributed by atoms with E-state index < -0.39 is 22.0 Å². The first kappa shape index (κ1) is 19.0. The summed E-state index contributed by atoms with van der Waals surface area (Å²) in [5, 5.41) is 0. The van der Waals surface area contributed by atoms with Gasteiger partial charge in [-0.15, -0.1) is 6.58 Å². The van der Waals surface area contributed by atoms with E-state index in [1.54, 1.807) is 6.08 Å². The number of carbonyl (C=O) groups is 1. The van der Waals surface area contributed by atoms with Crippen LogP contribution in [0.1, 0.15) is 25.3 Å². The van der Waals surface area contributed by atoms with Crippen LogP contribution in [-0.2, 0) is 27.8 Å². The second kappa shape index (κ2) is 7.46. The topological polar surface area (TPSA) is 71.7 Å². The van der Waals surface area contributed by atoms with E-state index in [0.29, 0.717) is 30.7 Å². The number of aromatic nitrogens is 1. The number of nitrogens with zero attached hydrogens (tertiary/aromatic N) is 3. The number of sulfonamides is 1. The molecule has 0 spiro atoms. The number of aryl methyl sites for hydroxylation is 1. The monoisotopic (exact) mass is 393 g/mol. The van der Waals surface area contributed by atoms with E-state index in [4.69, 9.17) is 0 Å². The Kier molecular flexibility index (Phi) is 5.45. The van der Waals surface area contributed by atoms with Crippen molar-refractivity contribution in [1.29, 1.82) is 0 Å². The summed E-state index contributed by atoms with van der Waals surface area (Å²) in [6.45, 7) is 6.80. The summed E-state index contributed by atoms with van der Waals surface area (Å²) in [4.78, 5) is 17.6. The van der Waals surface area contributed by atoms with Crippen LogP contribution in [0.4, 0.5) is 0 Å². The molecule has 0 radical (unpaired) electrons. The third-order valence-electron chi connectivity index (χ3n) is 4.59. The molecule has 140 valence electrons. The van der Waals surface area contributed by atoms with E-state index in [-0.39, 0.29) is 0 Å². The standard InChI is InChI=1S/C18H23N3O3S2/c1-4-10-20-14-9-8-13(5-2)12-16(14)25-18(20)19-17(22)15-7-6-11-21(15)26(3,23)24/h4,8-9,12,15H,1,5-7,10-11H2,2-3H3. The molecule has 1 aliphatic heterocycles. The first-order valence-corrected chi connectivity index (χ1v) is 11.3. The molecule has 1 fully saturated rings. The van der Waals surface area contributed by atoms with Crippen molar-refractivity contribution in [3.05, 3.63) is 41.2 Å². The molecule has 2 aromatic rings. The smallest absolute Gasteiger partial charge is 0.266 e. The minimum absolute atomic E-state index is 0.379. The predicted molar refractivity (Wildman–Crippen MR) is 105 cm³/mol. The van der Waals surface area contributed by atoms with Crippen molar-refractivity contribution in [2.45, 2.75) is 38.8 Å². The number of hydrogen-bond acceptors (Lipinski definition) is 4. The SMILES string of the molecule is C=CCn1c(=NC(=O)C2CCCN2S(C)(=O)=O)sc2cc(CC)ccc21. The minimum Gasteiger partial charge on any atom is -0.313 e. The van der Waals surface area contributed by atoms with Gasteiger partial charge in [-0.25, -0.2) is 8.42 Å². The van der Waals surface area contributed by atoms with Gasteiger partial charge in [0.15, 0.2) is 4.80 Å². The van der Waals surface area contributed by atoms with Gasteiger partial charge in [-0.05, 0) is 37.0 Å². The Morgan fingerprint density at radius 2 is 2.23 bits per heavy atom. The molecule has 0 N–H and O–H groups in total. The molecule has 1 aliphatic rings. The lowest BCUT2D eigenvalue weighted by atomic mass is 10.2. The molecule has 1 saturated heterocycles. The van der Waals surface area contributed by atoms with Crippen LogP contribution in [0.3, 0.4) is 0 Å². The first-order valence-electron chi connectivity index (χ1n) is 8.63. The van der Waals surface area contributed by atoms with E-state index in [1.165, 1.54) is 21.2 Å². The van der Waals surface area contributed by atoms with E-state index in [0.717, 1.165) is 22.9 Å². The zero-order valence-corrected chi connectivity index (χ0v) is 16.6. The van der Waals surface area contributed by atoms with Crippen molar-refractivity contribution in [3.8, 4) is 0 Å². The van der Waals surface area contributed by atoms with Crippen LogP contribution in [0, 0.1) is 0 Å². The Bertz CT molecular complexity index is 1020. The Morgan fingerprint density at radius 1 is 1.46 bits per heavy atom. The summed E-state index contributed by atoms with van der Waals surface area (Å²) in [6, 6.07) is 5.53. The highest BCUT2D eigenvalue weighted by Crippen LogP contribution is 2.22. The van der Waals surface area contributed by atoms with Crippen LogP contribution >= 0.6 is 11.3 Å². The van der Waals surface area contributed by atoms with Gasteiger partial charge < -0.3 is 4.57 Å². The van der Waals surface area contributed by atoms with Gasteiger partial charge in [0.05, 0.1) is 16.5 Å². The number of benzene rings is 1. The average molecular weight is 394 g/mol. The van der Waals surface area contributed by atoms with Gasteiger partial charge in [0.1, 0.15) is 6.04 Å². The largest absolute Gasteiger partial charge is 0.313 e. The Morgan fingerprint density at radius 3 is 2.88 bits per heavy atom. The first-order chi connectivity index (χ1) is 12.3. The fourth-order valence-electron chi connectivity index (χ4n) is 3.28. The number of rotatable bonds is 5. The van der Waals surface area contributed by atoms with Crippen molar-refractivity contribution in [2.24, 2.45) is 4.99 Å². The second-order valence-electron chi connectivity index (χ2n) is 6.42. The lowest BCUT2D eigenvalue weighted by Gasteiger charge is -2.18. The van der Waals surface area contributed by atoms with E-state index in [9.17, 15) is 13.2 Å². The van der Waals surface area contributed by atoms with Crippen LogP contribution in [0.25, 0.3) is 10.2 Å². The zero-order chi connectivity index (χ0) is 18.9. The molecule has 6 nitrogen and oxygen atoms in total. The Balaban J connectivity index is 2.07. The lowest BCUT2D eigenvalue weighted by Crippen LogP contribution is -2.39. The maximum Gasteiger partial charge on any atom is 0.266 e. The normalized spacial score (nSPS) is 19.3. The number of hydrogen-bond donors (Lipinski definition) is 0. The van der Waals surface area contributed by atoms with Crippen LogP contribution in [0.2, 0.25) is 0 Å². The Hall–Kier alpha value is -1.77.